The van der Waals surface area contributed by atoms with E-state index in [9.17, 15) is 9.59 Å². The predicted octanol–water partition coefficient (Wildman–Crippen LogP) is 3.78. The van der Waals surface area contributed by atoms with Crippen molar-refractivity contribution in [2.75, 3.05) is 13.1 Å². The molecule has 1 saturated heterocycles. The van der Waals surface area contributed by atoms with Crippen LogP contribution in [-0.2, 0) is 4.79 Å². The van der Waals surface area contributed by atoms with E-state index in [-0.39, 0.29) is 23.8 Å². The Morgan fingerprint density at radius 2 is 1.75 bits per heavy atom. The van der Waals surface area contributed by atoms with Crippen LogP contribution in [0.1, 0.15) is 54.0 Å². The zero-order valence-electron chi connectivity index (χ0n) is 17.6. The number of hydrogen-bond acceptors (Lipinski definition) is 2. The minimum Gasteiger partial charge on any atom is -0.349 e. The molecule has 0 aliphatic carbocycles. The van der Waals surface area contributed by atoms with Crippen LogP contribution in [0.5, 0.6) is 0 Å². The van der Waals surface area contributed by atoms with Crippen molar-refractivity contribution in [1.29, 1.82) is 0 Å². The van der Waals surface area contributed by atoms with Gasteiger partial charge in [0.15, 0.2) is 0 Å². The number of carbonyl (C=O) groups excluding carboxylic acids is 2. The minimum absolute atomic E-state index is 0.0261. The molecule has 1 N–H and O–H groups in total. The van der Waals surface area contributed by atoms with Crippen molar-refractivity contribution < 1.29 is 9.59 Å². The first kappa shape index (κ1) is 20.2. The molecule has 0 saturated carbocycles. The lowest BCUT2D eigenvalue weighted by atomic mass is 10.0. The second kappa shape index (κ2) is 8.21. The van der Waals surface area contributed by atoms with E-state index >= 15 is 0 Å². The molecule has 1 aliphatic heterocycles. The summed E-state index contributed by atoms with van der Waals surface area (Å²) >= 11 is 0. The molecule has 1 aliphatic rings. The van der Waals surface area contributed by atoms with Crippen LogP contribution in [0.15, 0.2) is 30.3 Å². The smallest absolute Gasteiger partial charge is 0.253 e. The highest BCUT2D eigenvalue weighted by Gasteiger charge is 2.26. The summed E-state index contributed by atoms with van der Waals surface area (Å²) < 4.78 is 2.13. The molecule has 1 aromatic carbocycles. The third kappa shape index (κ3) is 4.13. The van der Waals surface area contributed by atoms with Crippen LogP contribution in [0.3, 0.4) is 0 Å². The number of benzene rings is 1. The molecule has 2 aromatic rings. The van der Waals surface area contributed by atoms with Crippen molar-refractivity contribution in [1.82, 2.24) is 14.8 Å². The Labute approximate surface area is 167 Å². The molecule has 1 aromatic heterocycles. The fourth-order valence-electron chi connectivity index (χ4n) is 4.03. The van der Waals surface area contributed by atoms with Gasteiger partial charge in [-0.3, -0.25) is 9.59 Å². The lowest BCUT2D eigenvalue weighted by molar-refractivity contribution is -0.135. The van der Waals surface area contributed by atoms with Crippen LogP contribution in [0, 0.1) is 26.7 Å². The molecule has 0 radical (unpaired) electrons. The highest BCUT2D eigenvalue weighted by atomic mass is 16.2. The van der Waals surface area contributed by atoms with Gasteiger partial charge >= 0.3 is 0 Å². The number of hydrogen-bond donors (Lipinski definition) is 1. The van der Waals surface area contributed by atoms with Gasteiger partial charge in [0.2, 0.25) is 5.91 Å². The monoisotopic (exact) mass is 381 g/mol. The first-order chi connectivity index (χ1) is 13.3. The Morgan fingerprint density at radius 3 is 2.36 bits per heavy atom. The summed E-state index contributed by atoms with van der Waals surface area (Å²) in [6.45, 7) is 11.4. The van der Waals surface area contributed by atoms with Crippen molar-refractivity contribution in [3.05, 3.63) is 52.8 Å². The van der Waals surface area contributed by atoms with Gasteiger partial charge in [-0.05, 0) is 57.4 Å². The van der Waals surface area contributed by atoms with Crippen LogP contribution >= 0.6 is 0 Å². The predicted molar refractivity (Wildman–Crippen MR) is 112 cm³/mol. The molecular formula is C23H31N3O2. The summed E-state index contributed by atoms with van der Waals surface area (Å²) in [5, 5.41) is 3.18. The molecule has 150 valence electrons. The van der Waals surface area contributed by atoms with Gasteiger partial charge in [-0.1, -0.05) is 26.0 Å². The first-order valence-corrected chi connectivity index (χ1v) is 10.1. The van der Waals surface area contributed by atoms with Gasteiger partial charge in [0.25, 0.3) is 5.91 Å². The van der Waals surface area contributed by atoms with Crippen LogP contribution in [0.25, 0.3) is 5.69 Å². The highest BCUT2D eigenvalue weighted by Crippen LogP contribution is 2.22. The summed E-state index contributed by atoms with van der Waals surface area (Å²) in [4.78, 5) is 27.0. The number of rotatable bonds is 4. The maximum absolute atomic E-state index is 12.9. The van der Waals surface area contributed by atoms with E-state index in [1.807, 2.05) is 44.7 Å². The summed E-state index contributed by atoms with van der Waals surface area (Å²) in [7, 11) is 0. The summed E-state index contributed by atoms with van der Waals surface area (Å²) in [5.41, 5.74) is 4.99. The number of aryl methyl sites for hydroxylation is 2. The molecule has 2 amide bonds. The van der Waals surface area contributed by atoms with Gasteiger partial charge in [-0.15, -0.1) is 0 Å². The van der Waals surface area contributed by atoms with E-state index in [0.29, 0.717) is 13.1 Å². The Morgan fingerprint density at radius 1 is 1.07 bits per heavy atom. The third-order valence-corrected chi connectivity index (χ3v) is 5.57. The van der Waals surface area contributed by atoms with Gasteiger partial charge in [0.05, 0.1) is 5.56 Å². The van der Waals surface area contributed by atoms with Gasteiger partial charge in [0, 0.05) is 42.1 Å². The molecule has 5 nitrogen and oxygen atoms in total. The molecule has 0 bridgehead atoms. The number of likely N-dealkylation sites (tertiary alicyclic amines) is 1. The maximum atomic E-state index is 12.9. The van der Waals surface area contributed by atoms with Crippen molar-refractivity contribution in [3.63, 3.8) is 0 Å². The molecule has 1 fully saturated rings. The van der Waals surface area contributed by atoms with E-state index in [4.69, 9.17) is 0 Å². The van der Waals surface area contributed by atoms with E-state index < -0.39 is 0 Å². The maximum Gasteiger partial charge on any atom is 0.253 e. The van der Waals surface area contributed by atoms with Gasteiger partial charge in [-0.2, -0.15) is 0 Å². The zero-order valence-corrected chi connectivity index (χ0v) is 17.6. The standard InChI is InChI=1S/C23H31N3O2/c1-15(2)23(28)25-11-9-19(10-12-25)24-22(27)21-14-17(4)26(18(21)5)20-8-6-7-16(3)13-20/h6-8,13-15,19H,9-12H2,1-5H3,(H,24,27). The first-order valence-electron chi connectivity index (χ1n) is 10.1. The fraction of sp³-hybridized carbons (Fsp3) is 0.478. The SMILES string of the molecule is Cc1cccc(-n2c(C)cc(C(=O)NC3CCN(C(=O)C(C)C)CC3)c2C)c1. The second-order valence-corrected chi connectivity index (χ2v) is 8.19. The number of piperidine rings is 1. The lowest BCUT2D eigenvalue weighted by Crippen LogP contribution is -2.47. The van der Waals surface area contributed by atoms with Crippen LogP contribution in [0.4, 0.5) is 0 Å². The van der Waals surface area contributed by atoms with Gasteiger partial charge in [-0.25, -0.2) is 0 Å². The lowest BCUT2D eigenvalue weighted by Gasteiger charge is -2.33. The molecule has 0 atom stereocenters. The third-order valence-electron chi connectivity index (χ3n) is 5.57. The number of nitrogens with zero attached hydrogens (tertiary/aromatic N) is 2. The average molecular weight is 382 g/mol. The van der Waals surface area contributed by atoms with E-state index in [2.05, 4.69) is 35.0 Å². The number of carbonyl (C=O) groups is 2. The van der Waals surface area contributed by atoms with Crippen LogP contribution in [0.2, 0.25) is 0 Å². The molecular weight excluding hydrogens is 350 g/mol. The fourth-order valence-corrected chi connectivity index (χ4v) is 4.03. The molecule has 28 heavy (non-hydrogen) atoms. The number of nitrogens with one attached hydrogen (secondary N) is 1. The molecule has 5 heteroatoms. The quantitative estimate of drug-likeness (QED) is 0.876. The second-order valence-electron chi connectivity index (χ2n) is 8.19. The average Bonchev–Trinajstić information content (AvgIpc) is 2.96. The van der Waals surface area contributed by atoms with Gasteiger partial charge in [0.1, 0.15) is 0 Å². The highest BCUT2D eigenvalue weighted by molar-refractivity contribution is 5.96. The summed E-state index contributed by atoms with van der Waals surface area (Å²) in [6, 6.07) is 10.4. The van der Waals surface area contributed by atoms with Crippen molar-refractivity contribution in [3.8, 4) is 5.69 Å². The molecule has 0 spiro atoms. The number of amides is 2. The van der Waals surface area contributed by atoms with Crippen LogP contribution in [-0.4, -0.2) is 40.4 Å². The topological polar surface area (TPSA) is 54.3 Å². The Bertz CT molecular complexity index is 874. The largest absolute Gasteiger partial charge is 0.349 e. The zero-order chi connectivity index (χ0) is 20.4. The summed E-state index contributed by atoms with van der Waals surface area (Å²) in [5.74, 6) is 0.199. The molecule has 2 heterocycles. The number of aromatic nitrogens is 1. The molecule has 0 unspecified atom stereocenters. The molecule has 3 rings (SSSR count). The minimum atomic E-state index is -0.0272. The van der Waals surface area contributed by atoms with E-state index in [1.165, 1.54) is 5.56 Å². The van der Waals surface area contributed by atoms with Crippen molar-refractivity contribution in [2.24, 2.45) is 5.92 Å². The van der Waals surface area contributed by atoms with Crippen LogP contribution < -0.4 is 5.32 Å². The van der Waals surface area contributed by atoms with E-state index in [0.717, 1.165) is 35.5 Å². The van der Waals surface area contributed by atoms with E-state index in [1.54, 1.807) is 0 Å². The van der Waals surface area contributed by atoms with Crippen molar-refractivity contribution in [2.45, 2.75) is 53.5 Å². The van der Waals surface area contributed by atoms with Gasteiger partial charge < -0.3 is 14.8 Å². The Balaban J connectivity index is 1.69. The Kier molecular flexibility index (Phi) is 5.92. The normalized spacial score (nSPS) is 15.1. The Hall–Kier alpha value is -2.56. The van der Waals surface area contributed by atoms with Crippen molar-refractivity contribution >= 4 is 11.8 Å². The summed E-state index contributed by atoms with van der Waals surface area (Å²) in [6.07, 6.45) is 1.61.